The van der Waals surface area contributed by atoms with Gasteiger partial charge in [0.25, 0.3) is 0 Å². The van der Waals surface area contributed by atoms with Gasteiger partial charge in [-0.1, -0.05) is 17.7 Å². The van der Waals surface area contributed by atoms with Crippen molar-refractivity contribution in [3.8, 4) is 0 Å². The standard InChI is InChI=1S/C20H22ClN3O3S/c1-14-4-5-15(11-17(14)21)22-19(26)23-8-6-20(7-9-23)24(18(25)13-28-20)12-16-3-2-10-27-16/h2-5,10-11H,6-9,12-13H2,1H3,(H,22,26). The number of thioether (sulfide) groups is 1. The third kappa shape index (κ3) is 3.73. The van der Waals surface area contributed by atoms with Gasteiger partial charge in [0.1, 0.15) is 5.76 Å². The van der Waals surface area contributed by atoms with Crippen molar-refractivity contribution < 1.29 is 14.0 Å². The Morgan fingerprint density at radius 2 is 2.11 bits per heavy atom. The lowest BCUT2D eigenvalue weighted by molar-refractivity contribution is -0.132. The Labute approximate surface area is 173 Å². The van der Waals surface area contributed by atoms with E-state index in [2.05, 4.69) is 5.32 Å². The van der Waals surface area contributed by atoms with Crippen LogP contribution in [0.5, 0.6) is 0 Å². The summed E-state index contributed by atoms with van der Waals surface area (Å²) in [4.78, 5) is 28.6. The van der Waals surface area contributed by atoms with Crippen molar-refractivity contribution in [2.45, 2.75) is 31.2 Å². The summed E-state index contributed by atoms with van der Waals surface area (Å²) in [5, 5.41) is 3.54. The van der Waals surface area contributed by atoms with Gasteiger partial charge in [-0.25, -0.2) is 4.79 Å². The molecule has 3 heterocycles. The number of hydrogen-bond acceptors (Lipinski definition) is 4. The minimum absolute atomic E-state index is 0.133. The number of benzene rings is 1. The zero-order valence-corrected chi connectivity index (χ0v) is 17.2. The van der Waals surface area contributed by atoms with Gasteiger partial charge in [-0.2, -0.15) is 0 Å². The molecule has 2 aromatic rings. The van der Waals surface area contributed by atoms with Gasteiger partial charge >= 0.3 is 6.03 Å². The molecule has 2 saturated heterocycles. The molecule has 148 valence electrons. The lowest BCUT2D eigenvalue weighted by atomic mass is 10.0. The predicted molar refractivity (Wildman–Crippen MR) is 110 cm³/mol. The van der Waals surface area contributed by atoms with Gasteiger partial charge in [-0.3, -0.25) is 4.79 Å². The Hall–Kier alpha value is -2.12. The highest BCUT2D eigenvalue weighted by Crippen LogP contribution is 2.45. The number of carbonyl (C=O) groups excluding carboxylic acids is 2. The maximum Gasteiger partial charge on any atom is 0.321 e. The molecule has 0 radical (unpaired) electrons. The number of amides is 3. The third-order valence-electron chi connectivity index (χ3n) is 5.41. The predicted octanol–water partition coefficient (Wildman–Crippen LogP) is 4.34. The molecule has 0 unspecified atom stereocenters. The summed E-state index contributed by atoms with van der Waals surface area (Å²) < 4.78 is 5.43. The van der Waals surface area contributed by atoms with Gasteiger partial charge in [0.2, 0.25) is 5.91 Å². The number of anilines is 1. The van der Waals surface area contributed by atoms with Crippen LogP contribution in [0.15, 0.2) is 41.0 Å². The highest BCUT2D eigenvalue weighted by atomic mass is 35.5. The first-order valence-electron chi connectivity index (χ1n) is 9.26. The molecule has 4 rings (SSSR count). The molecular weight excluding hydrogens is 398 g/mol. The van der Waals surface area contributed by atoms with Crippen molar-refractivity contribution in [3.05, 3.63) is 52.9 Å². The van der Waals surface area contributed by atoms with E-state index in [0.717, 1.165) is 24.2 Å². The van der Waals surface area contributed by atoms with E-state index in [9.17, 15) is 9.59 Å². The molecular formula is C20H22ClN3O3S. The molecule has 1 aromatic carbocycles. The second-order valence-corrected chi connectivity index (χ2v) is 8.92. The van der Waals surface area contributed by atoms with Crippen molar-refractivity contribution in [1.29, 1.82) is 0 Å². The number of hydrogen-bond donors (Lipinski definition) is 1. The van der Waals surface area contributed by atoms with Crippen molar-refractivity contribution in [1.82, 2.24) is 9.80 Å². The Morgan fingerprint density at radius 1 is 1.32 bits per heavy atom. The van der Waals surface area contributed by atoms with Crippen LogP contribution in [0.1, 0.15) is 24.2 Å². The van der Waals surface area contributed by atoms with Gasteiger partial charge in [0.15, 0.2) is 0 Å². The number of aryl methyl sites for hydroxylation is 1. The molecule has 1 N–H and O–H groups in total. The summed E-state index contributed by atoms with van der Waals surface area (Å²) in [5.74, 6) is 1.40. The number of nitrogens with zero attached hydrogens (tertiary/aromatic N) is 2. The Kier molecular flexibility index (Phi) is 5.29. The van der Waals surface area contributed by atoms with E-state index in [4.69, 9.17) is 16.0 Å². The fourth-order valence-electron chi connectivity index (χ4n) is 3.72. The first-order valence-corrected chi connectivity index (χ1v) is 10.6. The van der Waals surface area contributed by atoms with Crippen molar-refractivity contribution >= 4 is 41.0 Å². The second-order valence-electron chi connectivity index (χ2n) is 7.18. The van der Waals surface area contributed by atoms with Gasteiger partial charge < -0.3 is 19.5 Å². The van der Waals surface area contributed by atoms with Crippen LogP contribution in [0.4, 0.5) is 10.5 Å². The fraction of sp³-hybridized carbons (Fsp3) is 0.400. The molecule has 1 aromatic heterocycles. The Bertz CT molecular complexity index is 879. The number of furan rings is 1. The third-order valence-corrected chi connectivity index (χ3v) is 7.37. The van der Waals surface area contributed by atoms with Crippen molar-refractivity contribution in [3.63, 3.8) is 0 Å². The summed E-state index contributed by atoms with van der Waals surface area (Å²) in [6, 6.07) is 9.08. The van der Waals surface area contributed by atoms with Crippen LogP contribution in [0.2, 0.25) is 5.02 Å². The normalized spacial score (nSPS) is 18.7. The lowest BCUT2D eigenvalue weighted by Crippen LogP contribution is -2.53. The Morgan fingerprint density at radius 3 is 2.79 bits per heavy atom. The second kappa shape index (κ2) is 7.72. The van der Waals surface area contributed by atoms with Crippen LogP contribution in [-0.4, -0.2) is 45.5 Å². The topological polar surface area (TPSA) is 65.8 Å². The molecule has 8 heteroatoms. The maximum atomic E-state index is 12.6. The number of rotatable bonds is 3. The number of halogens is 1. The smallest absolute Gasteiger partial charge is 0.321 e. The quantitative estimate of drug-likeness (QED) is 0.803. The lowest BCUT2D eigenvalue weighted by Gasteiger charge is -2.43. The average molecular weight is 420 g/mol. The molecule has 28 heavy (non-hydrogen) atoms. The summed E-state index contributed by atoms with van der Waals surface area (Å²) >= 11 is 7.82. The van der Waals surface area contributed by atoms with E-state index in [1.807, 2.05) is 36.1 Å². The van der Waals surface area contributed by atoms with E-state index in [1.54, 1.807) is 29.0 Å². The molecule has 1 spiro atoms. The van der Waals surface area contributed by atoms with Crippen LogP contribution in [0.3, 0.4) is 0 Å². The molecule has 0 atom stereocenters. The van der Waals surface area contributed by atoms with Crippen LogP contribution in [-0.2, 0) is 11.3 Å². The number of piperidine rings is 1. The van der Waals surface area contributed by atoms with Crippen LogP contribution in [0, 0.1) is 6.92 Å². The first kappa shape index (κ1) is 19.2. The molecule has 2 fully saturated rings. The molecule has 2 aliphatic heterocycles. The largest absolute Gasteiger partial charge is 0.467 e. The highest BCUT2D eigenvalue weighted by Gasteiger charge is 2.48. The first-order chi connectivity index (χ1) is 13.5. The van der Waals surface area contributed by atoms with Gasteiger partial charge in [0.05, 0.1) is 23.4 Å². The number of nitrogens with one attached hydrogen (secondary N) is 1. The number of urea groups is 1. The Balaban J connectivity index is 1.39. The van der Waals surface area contributed by atoms with Gasteiger partial charge in [-0.15, -0.1) is 11.8 Å². The van der Waals surface area contributed by atoms with Gasteiger partial charge in [-0.05, 0) is 49.6 Å². The fourth-order valence-corrected chi connectivity index (χ4v) is 5.24. The number of likely N-dealkylation sites (tertiary alicyclic amines) is 1. The summed E-state index contributed by atoms with van der Waals surface area (Å²) in [7, 11) is 0. The van der Waals surface area contributed by atoms with Crippen molar-refractivity contribution in [2.24, 2.45) is 0 Å². The van der Waals surface area contributed by atoms with E-state index < -0.39 is 0 Å². The number of carbonyl (C=O) groups is 2. The molecule has 0 saturated carbocycles. The minimum Gasteiger partial charge on any atom is -0.467 e. The zero-order chi connectivity index (χ0) is 19.7. The zero-order valence-electron chi connectivity index (χ0n) is 15.6. The van der Waals surface area contributed by atoms with E-state index >= 15 is 0 Å². The van der Waals surface area contributed by atoms with Gasteiger partial charge in [0, 0.05) is 23.8 Å². The summed E-state index contributed by atoms with van der Waals surface area (Å²) in [5.41, 5.74) is 1.66. The highest BCUT2D eigenvalue weighted by molar-refractivity contribution is 8.01. The maximum absolute atomic E-state index is 12.6. The summed E-state index contributed by atoms with van der Waals surface area (Å²) in [6.45, 7) is 3.60. The monoisotopic (exact) mass is 419 g/mol. The molecule has 0 aliphatic carbocycles. The summed E-state index contributed by atoms with van der Waals surface area (Å²) in [6.07, 6.45) is 3.11. The van der Waals surface area contributed by atoms with E-state index in [0.29, 0.717) is 36.1 Å². The molecule has 0 bridgehead atoms. The van der Waals surface area contributed by atoms with E-state index in [-0.39, 0.29) is 16.8 Å². The van der Waals surface area contributed by atoms with Crippen LogP contribution < -0.4 is 5.32 Å². The minimum atomic E-state index is -0.256. The molecule has 6 nitrogen and oxygen atoms in total. The molecule has 2 aliphatic rings. The SMILES string of the molecule is Cc1ccc(NC(=O)N2CCC3(CC2)SCC(=O)N3Cc2ccco2)cc1Cl. The molecule has 3 amide bonds. The van der Waals surface area contributed by atoms with Crippen LogP contribution >= 0.6 is 23.4 Å². The van der Waals surface area contributed by atoms with Crippen molar-refractivity contribution in [2.75, 3.05) is 24.2 Å². The average Bonchev–Trinajstić information content (AvgIpc) is 3.30. The van der Waals surface area contributed by atoms with E-state index in [1.165, 1.54) is 0 Å². The van der Waals surface area contributed by atoms with Crippen LogP contribution in [0.25, 0.3) is 0 Å².